The lowest BCUT2D eigenvalue weighted by atomic mass is 9.92. The molecule has 0 aromatic carbocycles. The third-order valence-corrected chi connectivity index (χ3v) is 3.03. The van der Waals surface area contributed by atoms with Gasteiger partial charge in [-0.15, -0.1) is 0 Å². The highest BCUT2D eigenvalue weighted by atomic mass is 16.5. The number of carbonyl (C=O) groups is 1. The van der Waals surface area contributed by atoms with E-state index in [1.54, 1.807) is 0 Å². The summed E-state index contributed by atoms with van der Waals surface area (Å²) >= 11 is 0. The zero-order valence-corrected chi connectivity index (χ0v) is 10.2. The van der Waals surface area contributed by atoms with Crippen molar-refractivity contribution in [2.24, 2.45) is 11.8 Å². The van der Waals surface area contributed by atoms with Gasteiger partial charge in [0.15, 0.2) is 0 Å². The number of methoxy groups -OCH3 is 1. The summed E-state index contributed by atoms with van der Waals surface area (Å²) in [7, 11) is 1.45. The van der Waals surface area contributed by atoms with Crippen LogP contribution in [0.25, 0.3) is 0 Å². The predicted molar refractivity (Wildman–Crippen MR) is 60.6 cm³/mol. The molecule has 15 heavy (non-hydrogen) atoms. The summed E-state index contributed by atoms with van der Waals surface area (Å²) in [6, 6.07) is 0. The Hall–Kier alpha value is -0.570. The number of nitrogens with zero attached hydrogens (tertiary/aromatic N) is 1. The van der Waals surface area contributed by atoms with E-state index < -0.39 is 0 Å². The fourth-order valence-electron chi connectivity index (χ4n) is 2.52. The Labute approximate surface area is 92.8 Å². The third kappa shape index (κ3) is 4.65. The van der Waals surface area contributed by atoms with Crippen molar-refractivity contribution in [3.63, 3.8) is 0 Å². The molecule has 2 atom stereocenters. The van der Waals surface area contributed by atoms with Crippen LogP contribution in [0, 0.1) is 11.8 Å². The number of hydrogen-bond donors (Lipinski definition) is 0. The van der Waals surface area contributed by atoms with Gasteiger partial charge in [-0.2, -0.15) is 0 Å². The first kappa shape index (κ1) is 12.5. The molecule has 1 rings (SSSR count). The minimum atomic E-state index is -0.0897. The van der Waals surface area contributed by atoms with Crippen molar-refractivity contribution >= 4 is 5.97 Å². The van der Waals surface area contributed by atoms with Gasteiger partial charge >= 0.3 is 5.97 Å². The van der Waals surface area contributed by atoms with Gasteiger partial charge in [0, 0.05) is 19.5 Å². The van der Waals surface area contributed by atoms with Crippen molar-refractivity contribution in [1.82, 2.24) is 4.90 Å². The van der Waals surface area contributed by atoms with E-state index in [2.05, 4.69) is 23.5 Å². The van der Waals surface area contributed by atoms with E-state index in [4.69, 9.17) is 0 Å². The standard InChI is InChI=1S/C12H23NO2/c1-10-7-11(2)9-13(8-10)6-4-5-12(14)15-3/h10-11H,4-9H2,1-3H3. The molecule has 1 heterocycles. The Kier molecular flexibility index (Phi) is 5.09. The first-order chi connectivity index (χ1) is 7.11. The molecule has 0 N–H and O–H groups in total. The monoisotopic (exact) mass is 213 g/mol. The van der Waals surface area contributed by atoms with Gasteiger partial charge in [-0.3, -0.25) is 4.79 Å². The fourth-order valence-corrected chi connectivity index (χ4v) is 2.52. The zero-order valence-electron chi connectivity index (χ0n) is 10.2. The molecule has 0 aliphatic carbocycles. The van der Waals surface area contributed by atoms with Crippen LogP contribution < -0.4 is 0 Å². The van der Waals surface area contributed by atoms with E-state index >= 15 is 0 Å². The molecule has 0 aromatic heterocycles. The van der Waals surface area contributed by atoms with E-state index in [9.17, 15) is 4.79 Å². The summed E-state index contributed by atoms with van der Waals surface area (Å²) in [6.45, 7) is 8.02. The van der Waals surface area contributed by atoms with Crippen LogP contribution in [0.15, 0.2) is 0 Å². The van der Waals surface area contributed by atoms with Crippen LogP contribution >= 0.6 is 0 Å². The van der Waals surface area contributed by atoms with Crippen LogP contribution in [-0.2, 0) is 9.53 Å². The Balaban J connectivity index is 2.17. The van der Waals surface area contributed by atoms with Crippen molar-refractivity contribution in [2.45, 2.75) is 33.1 Å². The Bertz CT molecular complexity index is 196. The van der Waals surface area contributed by atoms with Gasteiger partial charge in [-0.1, -0.05) is 13.8 Å². The average molecular weight is 213 g/mol. The molecule has 2 unspecified atom stereocenters. The van der Waals surface area contributed by atoms with Crippen molar-refractivity contribution in [1.29, 1.82) is 0 Å². The minimum absolute atomic E-state index is 0.0897. The zero-order chi connectivity index (χ0) is 11.3. The van der Waals surface area contributed by atoms with Crippen LogP contribution in [0.1, 0.15) is 33.1 Å². The van der Waals surface area contributed by atoms with Crippen molar-refractivity contribution in [2.75, 3.05) is 26.7 Å². The molecule has 0 radical (unpaired) electrons. The van der Waals surface area contributed by atoms with E-state index in [1.807, 2.05) is 0 Å². The summed E-state index contributed by atoms with van der Waals surface area (Å²) in [6.07, 6.45) is 2.81. The topological polar surface area (TPSA) is 29.5 Å². The van der Waals surface area contributed by atoms with Gasteiger partial charge in [0.25, 0.3) is 0 Å². The second kappa shape index (κ2) is 6.11. The molecule has 0 bridgehead atoms. The Morgan fingerprint density at radius 1 is 1.33 bits per heavy atom. The van der Waals surface area contributed by atoms with Crippen LogP contribution in [-0.4, -0.2) is 37.6 Å². The lowest BCUT2D eigenvalue weighted by Crippen LogP contribution is -2.39. The first-order valence-corrected chi connectivity index (χ1v) is 5.91. The molecule has 0 spiro atoms. The van der Waals surface area contributed by atoms with Crippen molar-refractivity contribution in [3.8, 4) is 0 Å². The normalized spacial score (nSPS) is 27.7. The largest absolute Gasteiger partial charge is 0.469 e. The number of hydrogen-bond acceptors (Lipinski definition) is 3. The second-order valence-corrected chi connectivity index (χ2v) is 4.89. The molecular formula is C12H23NO2. The van der Waals surface area contributed by atoms with E-state index in [-0.39, 0.29) is 5.97 Å². The highest BCUT2D eigenvalue weighted by Crippen LogP contribution is 2.20. The first-order valence-electron chi connectivity index (χ1n) is 5.91. The van der Waals surface area contributed by atoms with Gasteiger partial charge in [0.1, 0.15) is 0 Å². The summed E-state index contributed by atoms with van der Waals surface area (Å²) < 4.78 is 4.62. The Morgan fingerprint density at radius 3 is 2.47 bits per heavy atom. The lowest BCUT2D eigenvalue weighted by molar-refractivity contribution is -0.140. The molecule has 1 aliphatic rings. The molecule has 1 aliphatic heterocycles. The van der Waals surface area contributed by atoms with Gasteiger partial charge < -0.3 is 9.64 Å². The van der Waals surface area contributed by atoms with Gasteiger partial charge in [0.2, 0.25) is 0 Å². The smallest absolute Gasteiger partial charge is 0.305 e. The van der Waals surface area contributed by atoms with Crippen LogP contribution in [0.3, 0.4) is 0 Å². The third-order valence-electron chi connectivity index (χ3n) is 3.03. The van der Waals surface area contributed by atoms with Crippen molar-refractivity contribution in [3.05, 3.63) is 0 Å². The van der Waals surface area contributed by atoms with Crippen LogP contribution in [0.2, 0.25) is 0 Å². The van der Waals surface area contributed by atoms with E-state index in [1.165, 1.54) is 26.6 Å². The summed E-state index contributed by atoms with van der Waals surface area (Å²) in [4.78, 5) is 13.4. The SMILES string of the molecule is COC(=O)CCCN1CC(C)CC(C)C1. The van der Waals surface area contributed by atoms with Crippen LogP contribution in [0.5, 0.6) is 0 Å². The molecule has 88 valence electrons. The summed E-state index contributed by atoms with van der Waals surface area (Å²) in [5.74, 6) is 1.51. The molecule has 0 saturated carbocycles. The molecule has 1 saturated heterocycles. The molecule has 3 heteroatoms. The summed E-state index contributed by atoms with van der Waals surface area (Å²) in [5.41, 5.74) is 0. The lowest BCUT2D eigenvalue weighted by Gasteiger charge is -2.34. The number of likely N-dealkylation sites (tertiary alicyclic amines) is 1. The van der Waals surface area contributed by atoms with E-state index in [0.717, 1.165) is 24.8 Å². The maximum absolute atomic E-state index is 10.9. The molecular weight excluding hydrogens is 190 g/mol. The molecule has 0 amide bonds. The second-order valence-electron chi connectivity index (χ2n) is 4.89. The number of ether oxygens (including phenoxy) is 1. The fraction of sp³-hybridized carbons (Fsp3) is 0.917. The van der Waals surface area contributed by atoms with Crippen molar-refractivity contribution < 1.29 is 9.53 Å². The highest BCUT2D eigenvalue weighted by molar-refractivity contribution is 5.69. The minimum Gasteiger partial charge on any atom is -0.469 e. The molecule has 3 nitrogen and oxygen atoms in total. The maximum atomic E-state index is 10.9. The summed E-state index contributed by atoms with van der Waals surface area (Å²) in [5, 5.41) is 0. The predicted octanol–water partition coefficient (Wildman–Crippen LogP) is 1.92. The van der Waals surface area contributed by atoms with Gasteiger partial charge in [-0.05, 0) is 31.2 Å². The number of carbonyl (C=O) groups excluding carboxylic acids is 1. The van der Waals surface area contributed by atoms with Gasteiger partial charge in [0.05, 0.1) is 7.11 Å². The average Bonchev–Trinajstić information content (AvgIpc) is 2.16. The Morgan fingerprint density at radius 2 is 1.93 bits per heavy atom. The van der Waals surface area contributed by atoms with Gasteiger partial charge in [-0.25, -0.2) is 0 Å². The van der Waals surface area contributed by atoms with Crippen LogP contribution in [0.4, 0.5) is 0 Å². The maximum Gasteiger partial charge on any atom is 0.305 e. The number of rotatable bonds is 4. The molecule has 0 aromatic rings. The highest BCUT2D eigenvalue weighted by Gasteiger charge is 2.21. The quantitative estimate of drug-likeness (QED) is 0.668. The number of piperidine rings is 1. The molecule has 1 fully saturated rings. The van der Waals surface area contributed by atoms with E-state index in [0.29, 0.717) is 6.42 Å². The number of esters is 1.